The Bertz CT molecular complexity index is 572. The number of hydrogen-bond acceptors (Lipinski definition) is 3. The predicted octanol–water partition coefficient (Wildman–Crippen LogP) is 2.11. The van der Waals surface area contributed by atoms with Crippen LogP contribution in [0, 0.1) is 13.8 Å². The molecule has 0 unspecified atom stereocenters. The molecule has 3 N–H and O–H groups in total. The van der Waals surface area contributed by atoms with Crippen LogP contribution in [0.3, 0.4) is 0 Å². The minimum Gasteiger partial charge on any atom is -0.399 e. The molecule has 0 aliphatic carbocycles. The number of nitrogens with zero attached hydrogens (tertiary/aromatic N) is 2. The normalized spacial score (nSPS) is 10.4. The number of anilines is 2. The van der Waals surface area contributed by atoms with E-state index in [9.17, 15) is 4.79 Å². The van der Waals surface area contributed by atoms with E-state index in [0.717, 1.165) is 17.1 Å². The molecule has 1 amide bonds. The molecule has 2 aromatic rings. The number of nitrogens with two attached hydrogens (primary N) is 1. The average molecular weight is 258 g/mol. The molecule has 0 fully saturated rings. The van der Waals surface area contributed by atoms with E-state index in [4.69, 9.17) is 5.73 Å². The van der Waals surface area contributed by atoms with Gasteiger partial charge in [-0.05, 0) is 44.2 Å². The van der Waals surface area contributed by atoms with Crippen molar-refractivity contribution >= 4 is 17.3 Å². The lowest BCUT2D eigenvalue weighted by Gasteiger charge is -2.06. The van der Waals surface area contributed by atoms with Gasteiger partial charge in [0, 0.05) is 30.0 Å². The smallest absolute Gasteiger partial charge is 0.226 e. The largest absolute Gasteiger partial charge is 0.399 e. The number of benzene rings is 1. The van der Waals surface area contributed by atoms with Gasteiger partial charge in [-0.25, -0.2) is 0 Å². The molecule has 0 saturated heterocycles. The van der Waals surface area contributed by atoms with Crippen LogP contribution in [-0.4, -0.2) is 15.7 Å². The Kier molecular flexibility index (Phi) is 3.85. The molecule has 100 valence electrons. The predicted molar refractivity (Wildman–Crippen MR) is 75.8 cm³/mol. The van der Waals surface area contributed by atoms with Gasteiger partial charge < -0.3 is 11.1 Å². The number of amides is 1. The minimum atomic E-state index is -0.0303. The van der Waals surface area contributed by atoms with Gasteiger partial charge in [-0.3, -0.25) is 9.48 Å². The van der Waals surface area contributed by atoms with Crippen LogP contribution in [0.4, 0.5) is 11.4 Å². The summed E-state index contributed by atoms with van der Waals surface area (Å²) in [6.07, 6.45) is 0.395. The second-order valence-corrected chi connectivity index (χ2v) is 4.57. The van der Waals surface area contributed by atoms with E-state index in [-0.39, 0.29) is 5.91 Å². The van der Waals surface area contributed by atoms with Gasteiger partial charge in [0.2, 0.25) is 5.91 Å². The number of carbonyl (C=O) groups is 1. The molecule has 5 nitrogen and oxygen atoms in total. The van der Waals surface area contributed by atoms with Crippen molar-refractivity contribution in [2.45, 2.75) is 26.8 Å². The number of nitrogens with one attached hydrogen (secondary N) is 1. The number of hydrogen-bond donors (Lipinski definition) is 2. The fourth-order valence-electron chi connectivity index (χ4n) is 1.90. The molecule has 1 aromatic carbocycles. The Morgan fingerprint density at radius 3 is 2.58 bits per heavy atom. The first kappa shape index (κ1) is 13.1. The van der Waals surface area contributed by atoms with Crippen molar-refractivity contribution in [3.63, 3.8) is 0 Å². The molecule has 0 radical (unpaired) electrons. The van der Waals surface area contributed by atoms with E-state index in [1.807, 2.05) is 24.6 Å². The zero-order valence-corrected chi connectivity index (χ0v) is 11.2. The van der Waals surface area contributed by atoms with Gasteiger partial charge in [-0.1, -0.05) is 0 Å². The Labute approximate surface area is 112 Å². The van der Waals surface area contributed by atoms with Crippen LogP contribution in [0.5, 0.6) is 0 Å². The van der Waals surface area contributed by atoms with Crippen LogP contribution < -0.4 is 11.1 Å². The molecular formula is C14H18N4O. The molecule has 19 heavy (non-hydrogen) atoms. The Hall–Kier alpha value is -2.30. The highest BCUT2D eigenvalue weighted by atomic mass is 16.1. The van der Waals surface area contributed by atoms with Gasteiger partial charge in [0.15, 0.2) is 0 Å². The SMILES string of the molecule is Cc1cc(C)n(CCC(=O)Nc2ccc(N)cc2)n1. The van der Waals surface area contributed by atoms with E-state index in [1.54, 1.807) is 24.3 Å². The summed E-state index contributed by atoms with van der Waals surface area (Å²) in [6.45, 7) is 4.51. The fourth-order valence-corrected chi connectivity index (χ4v) is 1.90. The summed E-state index contributed by atoms with van der Waals surface area (Å²) < 4.78 is 1.85. The zero-order chi connectivity index (χ0) is 13.8. The highest BCUT2D eigenvalue weighted by Crippen LogP contribution is 2.11. The number of aromatic nitrogens is 2. The van der Waals surface area contributed by atoms with Crippen LogP contribution in [0.15, 0.2) is 30.3 Å². The Morgan fingerprint density at radius 1 is 1.32 bits per heavy atom. The van der Waals surface area contributed by atoms with Crippen molar-refractivity contribution in [3.8, 4) is 0 Å². The molecular weight excluding hydrogens is 240 g/mol. The molecule has 2 rings (SSSR count). The maximum Gasteiger partial charge on any atom is 0.226 e. The maximum absolute atomic E-state index is 11.8. The third-order valence-corrected chi connectivity index (χ3v) is 2.85. The van der Waals surface area contributed by atoms with Crippen LogP contribution >= 0.6 is 0 Å². The molecule has 0 spiro atoms. The zero-order valence-electron chi connectivity index (χ0n) is 11.2. The summed E-state index contributed by atoms with van der Waals surface area (Å²) in [5.74, 6) is -0.0303. The standard InChI is InChI=1S/C14H18N4O/c1-10-9-11(2)18(17-10)8-7-14(19)16-13-5-3-12(15)4-6-13/h3-6,9H,7-8,15H2,1-2H3,(H,16,19). The quantitative estimate of drug-likeness (QED) is 0.825. The van der Waals surface area contributed by atoms with E-state index in [1.165, 1.54) is 0 Å². The van der Waals surface area contributed by atoms with Gasteiger partial charge in [0.1, 0.15) is 0 Å². The van der Waals surface area contributed by atoms with Gasteiger partial charge in [0.25, 0.3) is 0 Å². The monoisotopic (exact) mass is 258 g/mol. The first-order chi connectivity index (χ1) is 9.04. The summed E-state index contributed by atoms with van der Waals surface area (Å²) in [7, 11) is 0. The molecule has 0 aliphatic heterocycles. The minimum absolute atomic E-state index is 0.0303. The molecule has 0 bridgehead atoms. The highest BCUT2D eigenvalue weighted by Gasteiger charge is 2.05. The lowest BCUT2D eigenvalue weighted by molar-refractivity contribution is -0.116. The number of aryl methyl sites for hydroxylation is 3. The molecule has 5 heteroatoms. The Morgan fingerprint density at radius 2 is 2.00 bits per heavy atom. The van der Waals surface area contributed by atoms with Crippen molar-refractivity contribution in [3.05, 3.63) is 41.7 Å². The second kappa shape index (κ2) is 5.56. The van der Waals surface area contributed by atoms with Crippen molar-refractivity contribution < 1.29 is 4.79 Å². The fraction of sp³-hybridized carbons (Fsp3) is 0.286. The van der Waals surface area contributed by atoms with Gasteiger partial charge in [-0.15, -0.1) is 0 Å². The number of carbonyl (C=O) groups excluding carboxylic acids is 1. The maximum atomic E-state index is 11.8. The molecule has 0 saturated carbocycles. The third kappa shape index (κ3) is 3.58. The first-order valence-electron chi connectivity index (χ1n) is 6.21. The van der Waals surface area contributed by atoms with Crippen LogP contribution in [0.1, 0.15) is 17.8 Å². The van der Waals surface area contributed by atoms with Crippen molar-refractivity contribution in [2.24, 2.45) is 0 Å². The second-order valence-electron chi connectivity index (χ2n) is 4.57. The van der Waals surface area contributed by atoms with E-state index < -0.39 is 0 Å². The molecule has 1 heterocycles. The topological polar surface area (TPSA) is 72.9 Å². The number of nitrogen functional groups attached to an aromatic ring is 1. The third-order valence-electron chi connectivity index (χ3n) is 2.85. The van der Waals surface area contributed by atoms with E-state index >= 15 is 0 Å². The van der Waals surface area contributed by atoms with Crippen molar-refractivity contribution in [2.75, 3.05) is 11.1 Å². The highest BCUT2D eigenvalue weighted by molar-refractivity contribution is 5.90. The first-order valence-corrected chi connectivity index (χ1v) is 6.21. The van der Waals surface area contributed by atoms with E-state index in [0.29, 0.717) is 18.7 Å². The van der Waals surface area contributed by atoms with Crippen LogP contribution in [-0.2, 0) is 11.3 Å². The number of rotatable bonds is 4. The summed E-state index contributed by atoms with van der Waals surface area (Å²) >= 11 is 0. The lowest BCUT2D eigenvalue weighted by atomic mass is 10.3. The van der Waals surface area contributed by atoms with Crippen LogP contribution in [0.2, 0.25) is 0 Å². The van der Waals surface area contributed by atoms with Gasteiger partial charge >= 0.3 is 0 Å². The van der Waals surface area contributed by atoms with Gasteiger partial charge in [-0.2, -0.15) is 5.10 Å². The van der Waals surface area contributed by atoms with Crippen molar-refractivity contribution in [1.29, 1.82) is 0 Å². The van der Waals surface area contributed by atoms with E-state index in [2.05, 4.69) is 10.4 Å². The summed E-state index contributed by atoms with van der Waals surface area (Å²) in [5, 5.41) is 7.15. The van der Waals surface area contributed by atoms with Crippen LogP contribution in [0.25, 0.3) is 0 Å². The summed E-state index contributed by atoms with van der Waals surface area (Å²) in [5.41, 5.74) is 9.06. The molecule has 1 aromatic heterocycles. The molecule has 0 aliphatic rings. The molecule has 0 atom stereocenters. The summed E-state index contributed by atoms with van der Waals surface area (Å²) in [6, 6.07) is 9.10. The van der Waals surface area contributed by atoms with Crippen molar-refractivity contribution in [1.82, 2.24) is 9.78 Å². The Balaban J connectivity index is 1.88. The summed E-state index contributed by atoms with van der Waals surface area (Å²) in [4.78, 5) is 11.8. The lowest BCUT2D eigenvalue weighted by Crippen LogP contribution is -2.15. The average Bonchev–Trinajstić information content (AvgIpc) is 2.68. The van der Waals surface area contributed by atoms with Gasteiger partial charge in [0.05, 0.1) is 5.69 Å².